The SMILES string of the molecule is CN(C)C(=O)c1cccc(NS(=O)(=O)c2cc(Br)ccc2Br)c1. The number of rotatable bonds is 4. The van der Waals surface area contributed by atoms with Gasteiger partial charge >= 0.3 is 0 Å². The Bertz CT molecular complexity index is 852. The molecule has 5 nitrogen and oxygen atoms in total. The largest absolute Gasteiger partial charge is 0.345 e. The Hall–Kier alpha value is -1.38. The average Bonchev–Trinajstić information content (AvgIpc) is 2.48. The maximum absolute atomic E-state index is 12.5. The molecule has 0 aliphatic carbocycles. The van der Waals surface area contributed by atoms with E-state index >= 15 is 0 Å². The van der Waals surface area contributed by atoms with Gasteiger partial charge in [-0.05, 0) is 52.3 Å². The highest BCUT2D eigenvalue weighted by atomic mass is 79.9. The van der Waals surface area contributed by atoms with Gasteiger partial charge in [-0.1, -0.05) is 22.0 Å². The minimum atomic E-state index is -3.78. The molecule has 0 heterocycles. The highest BCUT2D eigenvalue weighted by molar-refractivity contribution is 9.11. The van der Waals surface area contributed by atoms with E-state index in [2.05, 4.69) is 36.6 Å². The third-order valence-corrected chi connectivity index (χ3v) is 5.82. The lowest BCUT2D eigenvalue weighted by molar-refractivity contribution is 0.0827. The first-order valence-electron chi connectivity index (χ1n) is 6.50. The summed E-state index contributed by atoms with van der Waals surface area (Å²) in [5, 5.41) is 0. The second-order valence-corrected chi connectivity index (χ2v) is 8.38. The van der Waals surface area contributed by atoms with Gasteiger partial charge in [-0.2, -0.15) is 0 Å². The summed E-state index contributed by atoms with van der Waals surface area (Å²) in [4.78, 5) is 13.5. The van der Waals surface area contributed by atoms with E-state index in [4.69, 9.17) is 0 Å². The summed E-state index contributed by atoms with van der Waals surface area (Å²) in [6, 6.07) is 11.2. The van der Waals surface area contributed by atoms with Crippen molar-refractivity contribution < 1.29 is 13.2 Å². The first kappa shape index (κ1) is 18.0. The third kappa shape index (κ3) is 4.33. The molecule has 0 saturated heterocycles. The lowest BCUT2D eigenvalue weighted by Gasteiger charge is -2.13. The molecular formula is C15H14Br2N2O3S. The van der Waals surface area contributed by atoms with E-state index in [1.54, 1.807) is 44.4 Å². The normalized spacial score (nSPS) is 11.1. The van der Waals surface area contributed by atoms with Crippen LogP contribution in [0.2, 0.25) is 0 Å². The number of hydrogen-bond acceptors (Lipinski definition) is 3. The van der Waals surface area contributed by atoms with Crippen molar-refractivity contribution in [2.24, 2.45) is 0 Å². The van der Waals surface area contributed by atoms with Crippen LogP contribution in [0.3, 0.4) is 0 Å². The molecule has 2 rings (SSSR count). The van der Waals surface area contributed by atoms with Crippen LogP contribution in [0, 0.1) is 0 Å². The van der Waals surface area contributed by atoms with E-state index < -0.39 is 10.0 Å². The van der Waals surface area contributed by atoms with Crippen LogP contribution in [-0.2, 0) is 10.0 Å². The van der Waals surface area contributed by atoms with Crippen molar-refractivity contribution >= 4 is 53.5 Å². The smallest absolute Gasteiger partial charge is 0.263 e. The molecule has 2 aromatic rings. The molecular weight excluding hydrogens is 448 g/mol. The van der Waals surface area contributed by atoms with Crippen LogP contribution in [0.5, 0.6) is 0 Å². The van der Waals surface area contributed by atoms with Crippen LogP contribution in [0.15, 0.2) is 56.3 Å². The van der Waals surface area contributed by atoms with Gasteiger partial charge in [-0.3, -0.25) is 9.52 Å². The number of anilines is 1. The number of carbonyl (C=O) groups is 1. The van der Waals surface area contributed by atoms with Crippen LogP contribution in [0.1, 0.15) is 10.4 Å². The van der Waals surface area contributed by atoms with Crippen LogP contribution in [-0.4, -0.2) is 33.3 Å². The van der Waals surface area contributed by atoms with Crippen molar-refractivity contribution in [2.75, 3.05) is 18.8 Å². The van der Waals surface area contributed by atoms with Gasteiger partial charge in [0, 0.05) is 34.3 Å². The van der Waals surface area contributed by atoms with Crippen LogP contribution >= 0.6 is 31.9 Å². The second kappa shape index (κ2) is 7.02. The molecule has 0 spiro atoms. The Labute approximate surface area is 152 Å². The topological polar surface area (TPSA) is 66.5 Å². The van der Waals surface area contributed by atoms with Gasteiger partial charge in [-0.25, -0.2) is 8.42 Å². The van der Waals surface area contributed by atoms with E-state index in [0.717, 1.165) is 0 Å². The highest BCUT2D eigenvalue weighted by Gasteiger charge is 2.19. The number of sulfonamides is 1. The molecule has 1 N–H and O–H groups in total. The van der Waals surface area contributed by atoms with Gasteiger partial charge in [0.05, 0.1) is 0 Å². The van der Waals surface area contributed by atoms with Crippen molar-refractivity contribution in [1.82, 2.24) is 4.90 Å². The Kier molecular flexibility index (Phi) is 5.49. The molecule has 0 aliphatic heterocycles. The fourth-order valence-corrected chi connectivity index (χ4v) is 4.42. The number of benzene rings is 2. The number of hydrogen-bond donors (Lipinski definition) is 1. The molecule has 0 unspecified atom stereocenters. The summed E-state index contributed by atoms with van der Waals surface area (Å²) in [5.74, 6) is -0.199. The number of amides is 1. The predicted molar refractivity (Wildman–Crippen MR) is 97.1 cm³/mol. The molecule has 0 atom stereocenters. The molecule has 23 heavy (non-hydrogen) atoms. The zero-order valence-corrected chi connectivity index (χ0v) is 16.4. The second-order valence-electron chi connectivity index (χ2n) is 4.96. The standard InChI is InChI=1S/C15H14Br2N2O3S/c1-19(2)15(20)10-4-3-5-12(8-10)18-23(21,22)14-9-11(16)6-7-13(14)17/h3-9,18H,1-2H3. The molecule has 0 radical (unpaired) electrons. The van der Waals surface area contributed by atoms with Gasteiger partial charge < -0.3 is 4.90 Å². The molecule has 2 aromatic carbocycles. The molecule has 0 aliphatic rings. The summed E-state index contributed by atoms with van der Waals surface area (Å²) in [7, 11) is -0.508. The summed E-state index contributed by atoms with van der Waals surface area (Å²) < 4.78 is 28.7. The fourth-order valence-electron chi connectivity index (χ4n) is 1.87. The summed E-state index contributed by atoms with van der Waals surface area (Å²) in [5.41, 5.74) is 0.730. The number of carbonyl (C=O) groups excluding carboxylic acids is 1. The van der Waals surface area contributed by atoms with E-state index in [0.29, 0.717) is 20.2 Å². The van der Waals surface area contributed by atoms with Crippen molar-refractivity contribution in [2.45, 2.75) is 4.90 Å². The minimum Gasteiger partial charge on any atom is -0.345 e. The van der Waals surface area contributed by atoms with Crippen LogP contribution in [0.25, 0.3) is 0 Å². The van der Waals surface area contributed by atoms with Crippen molar-refractivity contribution in [3.63, 3.8) is 0 Å². The van der Waals surface area contributed by atoms with E-state index in [-0.39, 0.29) is 10.8 Å². The molecule has 8 heteroatoms. The summed E-state index contributed by atoms with van der Waals surface area (Å²) in [6.45, 7) is 0. The fraction of sp³-hybridized carbons (Fsp3) is 0.133. The zero-order chi connectivity index (χ0) is 17.2. The average molecular weight is 462 g/mol. The number of halogens is 2. The van der Waals surface area contributed by atoms with Crippen LogP contribution in [0.4, 0.5) is 5.69 Å². The number of nitrogens with one attached hydrogen (secondary N) is 1. The lowest BCUT2D eigenvalue weighted by Crippen LogP contribution is -2.22. The van der Waals surface area contributed by atoms with E-state index in [9.17, 15) is 13.2 Å². The molecule has 0 fully saturated rings. The first-order chi connectivity index (χ1) is 10.7. The van der Waals surface area contributed by atoms with Crippen molar-refractivity contribution in [3.8, 4) is 0 Å². The Morgan fingerprint density at radius 2 is 1.78 bits per heavy atom. The zero-order valence-electron chi connectivity index (χ0n) is 12.4. The molecule has 1 amide bonds. The van der Waals surface area contributed by atoms with Crippen molar-refractivity contribution in [1.29, 1.82) is 0 Å². The Morgan fingerprint density at radius 3 is 2.43 bits per heavy atom. The molecule has 0 saturated carbocycles. The lowest BCUT2D eigenvalue weighted by atomic mass is 10.2. The summed E-state index contributed by atoms with van der Waals surface area (Å²) >= 11 is 6.49. The highest BCUT2D eigenvalue weighted by Crippen LogP contribution is 2.27. The monoisotopic (exact) mass is 460 g/mol. The van der Waals surface area contributed by atoms with Gasteiger partial charge in [0.1, 0.15) is 4.90 Å². The van der Waals surface area contributed by atoms with E-state index in [1.807, 2.05) is 0 Å². The maximum atomic E-state index is 12.5. The molecule has 122 valence electrons. The number of nitrogens with zero attached hydrogens (tertiary/aromatic N) is 1. The van der Waals surface area contributed by atoms with Gasteiger partial charge in [-0.15, -0.1) is 0 Å². The van der Waals surface area contributed by atoms with Crippen LogP contribution < -0.4 is 4.72 Å². The van der Waals surface area contributed by atoms with Gasteiger partial charge in [0.2, 0.25) is 0 Å². The quantitative estimate of drug-likeness (QED) is 0.754. The summed E-state index contributed by atoms with van der Waals surface area (Å²) in [6.07, 6.45) is 0. The Balaban J connectivity index is 2.36. The van der Waals surface area contributed by atoms with Gasteiger partial charge in [0.15, 0.2) is 0 Å². The van der Waals surface area contributed by atoms with E-state index in [1.165, 1.54) is 17.0 Å². The minimum absolute atomic E-state index is 0.108. The molecule has 0 aromatic heterocycles. The maximum Gasteiger partial charge on any atom is 0.263 e. The first-order valence-corrected chi connectivity index (χ1v) is 9.57. The third-order valence-electron chi connectivity index (χ3n) is 2.95. The predicted octanol–water partition coefficient (Wildman–Crippen LogP) is 3.71. The molecule has 0 bridgehead atoms. The Morgan fingerprint density at radius 1 is 1.09 bits per heavy atom. The van der Waals surface area contributed by atoms with Gasteiger partial charge in [0.25, 0.3) is 15.9 Å². The van der Waals surface area contributed by atoms with Crippen molar-refractivity contribution in [3.05, 3.63) is 57.0 Å².